The molecule has 1 unspecified atom stereocenters. The van der Waals surface area contributed by atoms with Crippen molar-refractivity contribution in [2.24, 2.45) is 11.7 Å². The third kappa shape index (κ3) is 3.16. The molecule has 0 heterocycles. The summed E-state index contributed by atoms with van der Waals surface area (Å²) in [5.74, 6) is -0.221. The van der Waals surface area contributed by atoms with Crippen LogP contribution in [0.5, 0.6) is 0 Å². The van der Waals surface area contributed by atoms with Gasteiger partial charge in [-0.1, -0.05) is 0 Å². The number of nitrogens with two attached hydrogens (primary N) is 1. The lowest BCUT2D eigenvalue weighted by Crippen LogP contribution is -2.53. The molecule has 1 aromatic rings. The Morgan fingerprint density at radius 3 is 2.63 bits per heavy atom. The van der Waals surface area contributed by atoms with Gasteiger partial charge in [0.05, 0.1) is 4.90 Å². The van der Waals surface area contributed by atoms with Crippen molar-refractivity contribution >= 4 is 26.0 Å². The van der Waals surface area contributed by atoms with Gasteiger partial charge in [-0.25, -0.2) is 17.5 Å². The zero-order valence-electron chi connectivity index (χ0n) is 10.5. The van der Waals surface area contributed by atoms with E-state index in [4.69, 9.17) is 5.73 Å². The number of sulfonamides is 1. The normalized spacial score (nSPS) is 19.2. The quantitative estimate of drug-likeness (QED) is 0.852. The van der Waals surface area contributed by atoms with Crippen LogP contribution in [0.15, 0.2) is 27.6 Å². The van der Waals surface area contributed by atoms with Crippen LogP contribution in [0, 0.1) is 11.7 Å². The zero-order chi connectivity index (χ0) is 14.3. The molecule has 7 heteroatoms. The topological polar surface area (TPSA) is 72.2 Å². The Morgan fingerprint density at radius 1 is 1.53 bits per heavy atom. The molecule has 2 rings (SSSR count). The summed E-state index contributed by atoms with van der Waals surface area (Å²) in [5.41, 5.74) is 5.05. The molecule has 1 aliphatic rings. The Labute approximate surface area is 120 Å². The molecular formula is C12H16BrFN2O2S. The van der Waals surface area contributed by atoms with Crippen molar-refractivity contribution in [1.82, 2.24) is 4.72 Å². The summed E-state index contributed by atoms with van der Waals surface area (Å²) in [6.07, 6.45) is 1.95. The lowest BCUT2D eigenvalue weighted by Gasteiger charge is -2.29. The van der Waals surface area contributed by atoms with Crippen LogP contribution in [-0.4, -0.2) is 20.5 Å². The molecule has 1 aromatic carbocycles. The summed E-state index contributed by atoms with van der Waals surface area (Å²) in [6.45, 7) is 2.04. The molecule has 0 amide bonds. The number of nitrogens with one attached hydrogen (secondary N) is 1. The van der Waals surface area contributed by atoms with Gasteiger partial charge in [0.1, 0.15) is 5.82 Å². The van der Waals surface area contributed by atoms with Crippen LogP contribution in [0.3, 0.4) is 0 Å². The fraction of sp³-hybridized carbons (Fsp3) is 0.500. The van der Waals surface area contributed by atoms with E-state index in [9.17, 15) is 12.8 Å². The Hall–Kier alpha value is -0.500. The standard InChI is InChI=1S/C12H16BrFN2O2S/c1-12(7-15,8-2-3-8)16-19(17,18)11-5-4-9(14)6-10(11)13/h4-6,8,16H,2-3,7,15H2,1H3. The van der Waals surface area contributed by atoms with Gasteiger partial charge in [-0.3, -0.25) is 0 Å². The summed E-state index contributed by atoms with van der Waals surface area (Å²) in [5, 5.41) is 0. The number of halogens is 2. The summed E-state index contributed by atoms with van der Waals surface area (Å²) in [4.78, 5) is 0.0224. The van der Waals surface area contributed by atoms with Gasteiger partial charge < -0.3 is 5.73 Å². The van der Waals surface area contributed by atoms with E-state index in [-0.39, 0.29) is 21.8 Å². The second kappa shape index (κ2) is 5.12. The van der Waals surface area contributed by atoms with Gasteiger partial charge in [0.2, 0.25) is 10.0 Å². The fourth-order valence-corrected chi connectivity index (χ4v) is 4.59. The Balaban J connectivity index is 2.32. The molecule has 0 aromatic heterocycles. The molecule has 0 saturated heterocycles. The molecule has 1 fully saturated rings. The van der Waals surface area contributed by atoms with Gasteiger partial charge in [0.15, 0.2) is 0 Å². The maximum Gasteiger partial charge on any atom is 0.242 e. The smallest absolute Gasteiger partial charge is 0.242 e. The average molecular weight is 351 g/mol. The van der Waals surface area contributed by atoms with Gasteiger partial charge >= 0.3 is 0 Å². The molecule has 4 nitrogen and oxygen atoms in total. The second-order valence-electron chi connectivity index (χ2n) is 5.08. The monoisotopic (exact) mass is 350 g/mol. The Kier molecular flexibility index (Phi) is 4.02. The highest BCUT2D eigenvalue weighted by atomic mass is 79.9. The zero-order valence-corrected chi connectivity index (χ0v) is 12.9. The van der Waals surface area contributed by atoms with Gasteiger partial charge in [0.25, 0.3) is 0 Å². The van der Waals surface area contributed by atoms with E-state index in [1.54, 1.807) is 6.92 Å². The van der Waals surface area contributed by atoms with Crippen molar-refractivity contribution in [2.75, 3.05) is 6.54 Å². The van der Waals surface area contributed by atoms with Crippen LogP contribution in [0.25, 0.3) is 0 Å². The van der Waals surface area contributed by atoms with Crippen LogP contribution in [0.1, 0.15) is 19.8 Å². The van der Waals surface area contributed by atoms with Crippen molar-refractivity contribution in [3.05, 3.63) is 28.5 Å². The molecule has 19 heavy (non-hydrogen) atoms. The van der Waals surface area contributed by atoms with E-state index in [0.717, 1.165) is 25.0 Å². The van der Waals surface area contributed by atoms with Crippen LogP contribution < -0.4 is 10.5 Å². The van der Waals surface area contributed by atoms with Crippen LogP contribution >= 0.6 is 15.9 Å². The van der Waals surface area contributed by atoms with E-state index in [1.807, 2.05) is 0 Å². The van der Waals surface area contributed by atoms with Crippen LogP contribution in [0.4, 0.5) is 4.39 Å². The highest BCUT2D eigenvalue weighted by Crippen LogP contribution is 2.40. The predicted molar refractivity (Wildman–Crippen MR) is 74.6 cm³/mol. The SMILES string of the molecule is CC(CN)(NS(=O)(=O)c1ccc(F)cc1Br)C1CC1. The molecular weight excluding hydrogens is 335 g/mol. The lowest BCUT2D eigenvalue weighted by atomic mass is 9.98. The Morgan fingerprint density at radius 2 is 2.16 bits per heavy atom. The maximum absolute atomic E-state index is 13.0. The van der Waals surface area contributed by atoms with E-state index in [2.05, 4.69) is 20.7 Å². The number of hydrogen-bond acceptors (Lipinski definition) is 3. The highest BCUT2D eigenvalue weighted by Gasteiger charge is 2.43. The van der Waals surface area contributed by atoms with E-state index in [1.165, 1.54) is 6.07 Å². The molecule has 3 N–H and O–H groups in total. The van der Waals surface area contributed by atoms with Crippen molar-refractivity contribution in [1.29, 1.82) is 0 Å². The molecule has 106 valence electrons. The molecule has 1 atom stereocenters. The Bertz CT molecular complexity index is 589. The van der Waals surface area contributed by atoms with Gasteiger partial charge in [0, 0.05) is 16.6 Å². The van der Waals surface area contributed by atoms with E-state index < -0.39 is 21.4 Å². The molecule has 0 radical (unpaired) electrons. The first-order chi connectivity index (χ1) is 8.78. The van der Waals surface area contributed by atoms with E-state index >= 15 is 0 Å². The molecule has 1 aliphatic carbocycles. The fourth-order valence-electron chi connectivity index (χ4n) is 2.07. The highest BCUT2D eigenvalue weighted by molar-refractivity contribution is 9.10. The first-order valence-corrected chi connectivity index (χ1v) is 8.25. The van der Waals surface area contributed by atoms with Crippen molar-refractivity contribution in [3.63, 3.8) is 0 Å². The third-order valence-corrected chi connectivity index (χ3v) is 6.04. The maximum atomic E-state index is 13.0. The minimum Gasteiger partial charge on any atom is -0.329 e. The predicted octanol–water partition coefficient (Wildman–Crippen LogP) is 1.99. The van der Waals surface area contributed by atoms with Gasteiger partial charge in [-0.05, 0) is 59.8 Å². The van der Waals surface area contributed by atoms with E-state index in [0.29, 0.717) is 0 Å². The summed E-state index contributed by atoms with van der Waals surface area (Å²) in [7, 11) is -3.73. The summed E-state index contributed by atoms with van der Waals surface area (Å²) in [6, 6.07) is 3.49. The minimum atomic E-state index is -3.73. The van der Waals surface area contributed by atoms with Crippen LogP contribution in [0.2, 0.25) is 0 Å². The van der Waals surface area contributed by atoms with Gasteiger partial charge in [-0.2, -0.15) is 0 Å². The first kappa shape index (κ1) is 14.9. The third-order valence-electron chi connectivity index (χ3n) is 3.45. The summed E-state index contributed by atoms with van der Waals surface area (Å²) >= 11 is 3.07. The number of rotatable bonds is 5. The van der Waals surface area contributed by atoms with Gasteiger partial charge in [-0.15, -0.1) is 0 Å². The molecule has 0 aliphatic heterocycles. The molecule has 0 bridgehead atoms. The van der Waals surface area contributed by atoms with Crippen molar-refractivity contribution in [3.8, 4) is 0 Å². The average Bonchev–Trinajstić information content (AvgIpc) is 3.11. The minimum absolute atomic E-state index is 0.0224. The molecule has 0 spiro atoms. The largest absolute Gasteiger partial charge is 0.329 e. The van der Waals surface area contributed by atoms with Crippen molar-refractivity contribution in [2.45, 2.75) is 30.2 Å². The molecule has 1 saturated carbocycles. The number of benzene rings is 1. The number of hydrogen-bond donors (Lipinski definition) is 2. The first-order valence-electron chi connectivity index (χ1n) is 5.97. The summed E-state index contributed by atoms with van der Waals surface area (Å²) < 4.78 is 40.6. The van der Waals surface area contributed by atoms with Crippen LogP contribution in [-0.2, 0) is 10.0 Å². The second-order valence-corrected chi connectivity index (χ2v) is 7.58. The van der Waals surface area contributed by atoms with Crippen molar-refractivity contribution < 1.29 is 12.8 Å². The lowest BCUT2D eigenvalue weighted by molar-refractivity contribution is 0.374.